The first kappa shape index (κ1) is 22.8. The number of nitrogens with one attached hydrogen (secondary N) is 2. The Morgan fingerprint density at radius 2 is 1.77 bits per heavy atom. The Kier molecular flexibility index (Phi) is 6.58. The summed E-state index contributed by atoms with van der Waals surface area (Å²) in [6.07, 6.45) is 0. The molecule has 2 heterocycles. The molecule has 0 radical (unpaired) electrons. The lowest BCUT2D eigenvalue weighted by Gasteiger charge is -2.33. The summed E-state index contributed by atoms with van der Waals surface area (Å²) in [7, 11) is 1.58. The van der Waals surface area contributed by atoms with Gasteiger partial charge in [-0.15, -0.1) is 10.2 Å². The van der Waals surface area contributed by atoms with E-state index in [-0.39, 0.29) is 18.6 Å². The van der Waals surface area contributed by atoms with Crippen LogP contribution in [-0.2, 0) is 11.4 Å². The minimum atomic E-state index is -0.498. The van der Waals surface area contributed by atoms with E-state index in [0.717, 1.165) is 16.9 Å². The number of rotatable bonds is 7. The molecular formula is C26H25N5O3S. The van der Waals surface area contributed by atoms with Gasteiger partial charge in [0.05, 0.1) is 18.8 Å². The molecule has 1 aromatic heterocycles. The van der Waals surface area contributed by atoms with E-state index in [2.05, 4.69) is 20.9 Å². The van der Waals surface area contributed by atoms with Crippen LogP contribution in [0.1, 0.15) is 23.0 Å². The Morgan fingerprint density at radius 1 is 1.03 bits per heavy atom. The van der Waals surface area contributed by atoms with Gasteiger partial charge < -0.3 is 20.2 Å². The van der Waals surface area contributed by atoms with Crippen molar-refractivity contribution in [1.29, 1.82) is 0 Å². The molecule has 1 aliphatic heterocycles. The monoisotopic (exact) mass is 487 g/mol. The number of aromatic nitrogens is 3. The summed E-state index contributed by atoms with van der Waals surface area (Å²) >= 11 is 1.37. The molecular weight excluding hydrogens is 462 g/mol. The predicted molar refractivity (Wildman–Crippen MR) is 135 cm³/mol. The van der Waals surface area contributed by atoms with Crippen LogP contribution in [-0.4, -0.2) is 33.1 Å². The number of anilines is 1. The summed E-state index contributed by atoms with van der Waals surface area (Å²) in [5.41, 5.74) is 6.21. The maximum Gasteiger partial charge on any atom is 0.240 e. The van der Waals surface area contributed by atoms with E-state index < -0.39 is 5.25 Å². The largest absolute Gasteiger partial charge is 0.495 e. The molecule has 178 valence electrons. The van der Waals surface area contributed by atoms with Crippen LogP contribution in [0.5, 0.6) is 11.5 Å². The Hall–Kier alpha value is -3.98. The van der Waals surface area contributed by atoms with Crippen molar-refractivity contribution in [3.63, 3.8) is 0 Å². The molecule has 0 bridgehead atoms. The highest BCUT2D eigenvalue weighted by molar-refractivity contribution is 8.00. The van der Waals surface area contributed by atoms with Gasteiger partial charge in [-0.25, -0.2) is 4.68 Å². The number of ether oxygens (including phenoxy) is 2. The second kappa shape index (κ2) is 10.1. The minimum Gasteiger partial charge on any atom is -0.495 e. The van der Waals surface area contributed by atoms with Crippen LogP contribution < -0.4 is 20.2 Å². The second-order valence-corrected chi connectivity index (χ2v) is 9.19. The van der Waals surface area contributed by atoms with Crippen molar-refractivity contribution in [2.45, 2.75) is 30.0 Å². The molecule has 1 amide bonds. The lowest BCUT2D eigenvalue weighted by molar-refractivity contribution is -0.116. The topological polar surface area (TPSA) is 90.3 Å². The highest BCUT2D eigenvalue weighted by atomic mass is 32.2. The molecule has 3 aromatic carbocycles. The summed E-state index contributed by atoms with van der Waals surface area (Å²) in [5.74, 6) is 1.81. The fraction of sp³-hybridized carbons (Fsp3) is 0.192. The van der Waals surface area contributed by atoms with E-state index >= 15 is 0 Å². The van der Waals surface area contributed by atoms with Crippen molar-refractivity contribution in [2.75, 3.05) is 17.9 Å². The number of fused-ring (bicyclic) bond motifs is 1. The SMILES string of the molecule is COc1ccccc1NC(=O)[C@@H]1Sc2nnc(COc3ccccc3)n2N[C@H]1c1ccc(C)cc1. The lowest BCUT2D eigenvalue weighted by atomic mass is 10.0. The van der Waals surface area contributed by atoms with Crippen molar-refractivity contribution >= 4 is 23.4 Å². The Morgan fingerprint density at radius 3 is 2.54 bits per heavy atom. The number of aryl methyl sites for hydroxylation is 1. The molecule has 1 aliphatic rings. The van der Waals surface area contributed by atoms with Gasteiger partial charge in [0.15, 0.2) is 5.82 Å². The third-order valence-corrected chi connectivity index (χ3v) is 6.89. The third kappa shape index (κ3) is 4.95. The van der Waals surface area contributed by atoms with Gasteiger partial charge in [0.25, 0.3) is 0 Å². The minimum absolute atomic E-state index is 0.158. The summed E-state index contributed by atoms with van der Waals surface area (Å²) in [6, 6.07) is 24.7. The predicted octanol–water partition coefficient (Wildman–Crippen LogP) is 4.57. The molecule has 8 nitrogen and oxygen atoms in total. The van der Waals surface area contributed by atoms with Gasteiger partial charge in [0.1, 0.15) is 23.4 Å². The van der Waals surface area contributed by atoms with Crippen molar-refractivity contribution in [2.24, 2.45) is 0 Å². The molecule has 2 atom stereocenters. The Balaban J connectivity index is 1.43. The summed E-state index contributed by atoms with van der Waals surface area (Å²) in [4.78, 5) is 13.5. The van der Waals surface area contributed by atoms with Crippen LogP contribution in [0.2, 0.25) is 0 Å². The second-order valence-electron chi connectivity index (χ2n) is 8.08. The van der Waals surface area contributed by atoms with Gasteiger partial charge in [-0.3, -0.25) is 4.79 Å². The van der Waals surface area contributed by atoms with Crippen LogP contribution in [0.3, 0.4) is 0 Å². The number of carbonyl (C=O) groups excluding carboxylic acids is 1. The van der Waals surface area contributed by atoms with Gasteiger partial charge in [0.2, 0.25) is 11.1 Å². The van der Waals surface area contributed by atoms with Crippen LogP contribution in [0.25, 0.3) is 0 Å². The van der Waals surface area contributed by atoms with E-state index in [4.69, 9.17) is 9.47 Å². The zero-order valence-electron chi connectivity index (χ0n) is 19.3. The average Bonchev–Trinajstić information content (AvgIpc) is 3.30. The molecule has 9 heteroatoms. The molecule has 0 fully saturated rings. The van der Waals surface area contributed by atoms with E-state index in [1.54, 1.807) is 7.11 Å². The highest BCUT2D eigenvalue weighted by Crippen LogP contribution is 2.38. The van der Waals surface area contributed by atoms with Crippen molar-refractivity contribution in [3.8, 4) is 11.5 Å². The van der Waals surface area contributed by atoms with Crippen molar-refractivity contribution in [1.82, 2.24) is 14.9 Å². The number of hydrogen-bond donors (Lipinski definition) is 2. The summed E-state index contributed by atoms with van der Waals surface area (Å²) in [6.45, 7) is 2.28. The van der Waals surface area contributed by atoms with Crippen LogP contribution in [0.15, 0.2) is 84.0 Å². The number of hydrogen-bond acceptors (Lipinski definition) is 7. The van der Waals surface area contributed by atoms with Gasteiger partial charge in [0, 0.05) is 0 Å². The number of nitrogens with zero attached hydrogens (tertiary/aromatic N) is 3. The highest BCUT2D eigenvalue weighted by Gasteiger charge is 2.38. The molecule has 0 spiro atoms. The zero-order chi connectivity index (χ0) is 24.2. The maximum absolute atomic E-state index is 13.5. The van der Waals surface area contributed by atoms with E-state index in [9.17, 15) is 4.79 Å². The summed E-state index contributed by atoms with van der Waals surface area (Å²) in [5, 5.41) is 11.7. The quantitative estimate of drug-likeness (QED) is 0.395. The molecule has 4 aromatic rings. The fourth-order valence-electron chi connectivity index (χ4n) is 3.83. The molecule has 5 rings (SSSR count). The molecule has 0 unspecified atom stereocenters. The smallest absolute Gasteiger partial charge is 0.240 e. The van der Waals surface area contributed by atoms with Crippen LogP contribution in [0, 0.1) is 6.92 Å². The fourth-order valence-corrected chi connectivity index (χ4v) is 4.93. The van der Waals surface area contributed by atoms with Crippen LogP contribution >= 0.6 is 11.8 Å². The number of benzene rings is 3. The van der Waals surface area contributed by atoms with Gasteiger partial charge in [-0.2, -0.15) is 0 Å². The Labute approximate surface area is 207 Å². The first-order valence-corrected chi connectivity index (χ1v) is 12.1. The van der Waals surface area contributed by atoms with Crippen molar-refractivity contribution < 1.29 is 14.3 Å². The first-order valence-electron chi connectivity index (χ1n) is 11.2. The van der Waals surface area contributed by atoms with Gasteiger partial charge in [-0.05, 0) is 36.8 Å². The summed E-state index contributed by atoms with van der Waals surface area (Å²) < 4.78 is 13.1. The number of thioether (sulfide) groups is 1. The third-order valence-electron chi connectivity index (χ3n) is 5.67. The molecule has 0 saturated heterocycles. The maximum atomic E-state index is 13.5. The normalized spacial score (nSPS) is 16.6. The van der Waals surface area contributed by atoms with Gasteiger partial charge >= 0.3 is 0 Å². The van der Waals surface area contributed by atoms with E-state index in [1.165, 1.54) is 11.8 Å². The van der Waals surface area contributed by atoms with E-state index in [1.807, 2.05) is 90.5 Å². The molecule has 35 heavy (non-hydrogen) atoms. The number of amides is 1. The standard InChI is InChI=1S/C26H25N5O3S/c1-17-12-14-18(15-13-17)23-24(25(32)27-20-10-6-7-11-21(20)33-2)35-26-29-28-22(31(26)30-23)16-34-19-8-4-3-5-9-19/h3-15,23-24,30H,16H2,1-2H3,(H,27,32)/t23-,24+/m0/s1. The lowest BCUT2D eigenvalue weighted by Crippen LogP contribution is -2.41. The first-order chi connectivity index (χ1) is 17.1. The van der Waals surface area contributed by atoms with Crippen molar-refractivity contribution in [3.05, 3.63) is 95.8 Å². The van der Waals surface area contributed by atoms with Crippen LogP contribution in [0.4, 0.5) is 5.69 Å². The number of carbonyl (C=O) groups is 1. The number of methoxy groups -OCH3 is 1. The number of para-hydroxylation sites is 3. The van der Waals surface area contributed by atoms with Gasteiger partial charge in [-0.1, -0.05) is 71.9 Å². The van der Waals surface area contributed by atoms with E-state index in [0.29, 0.717) is 22.4 Å². The average molecular weight is 488 g/mol. The molecule has 2 N–H and O–H groups in total. The Bertz CT molecular complexity index is 1310. The molecule has 0 saturated carbocycles. The molecule has 0 aliphatic carbocycles. The zero-order valence-corrected chi connectivity index (χ0v) is 20.2.